The molecule has 2 atom stereocenters. The van der Waals surface area contributed by atoms with Crippen molar-refractivity contribution in [1.29, 1.82) is 0 Å². The van der Waals surface area contributed by atoms with Gasteiger partial charge in [0.25, 0.3) is 0 Å². The van der Waals surface area contributed by atoms with Crippen LogP contribution in [0.5, 0.6) is 5.75 Å². The molecule has 1 fully saturated rings. The van der Waals surface area contributed by atoms with Crippen LogP contribution in [0.3, 0.4) is 0 Å². The highest BCUT2D eigenvalue weighted by Gasteiger charge is 2.77. The van der Waals surface area contributed by atoms with Crippen molar-refractivity contribution in [2.24, 2.45) is 11.3 Å². The lowest BCUT2D eigenvalue weighted by molar-refractivity contribution is 0.0763. The first-order valence-corrected chi connectivity index (χ1v) is 9.31. The number of hydrogen-bond acceptors (Lipinski definition) is 3. The highest BCUT2D eigenvalue weighted by atomic mass is 16.5. The molecular formula is C25H18O3. The Morgan fingerprint density at radius 3 is 1.79 bits per heavy atom. The average Bonchev–Trinajstić information content (AvgIpc) is 3.46. The summed E-state index contributed by atoms with van der Waals surface area (Å²) >= 11 is 0. The Morgan fingerprint density at radius 1 is 0.714 bits per heavy atom. The smallest absolute Gasteiger partial charge is 0.178 e. The van der Waals surface area contributed by atoms with Crippen LogP contribution in [-0.4, -0.2) is 11.6 Å². The summed E-state index contributed by atoms with van der Waals surface area (Å²) in [5, 5.41) is 0. The molecule has 3 nitrogen and oxygen atoms in total. The zero-order valence-electron chi connectivity index (χ0n) is 15.2. The van der Waals surface area contributed by atoms with Crippen LogP contribution >= 0.6 is 0 Å². The average molecular weight is 366 g/mol. The van der Waals surface area contributed by atoms with Crippen LogP contribution in [0.4, 0.5) is 0 Å². The molecule has 2 aliphatic rings. The summed E-state index contributed by atoms with van der Waals surface area (Å²) in [5.74, 6) is 0.208. The number of para-hydroxylation sites is 1. The van der Waals surface area contributed by atoms with Crippen LogP contribution in [-0.2, 0) is 0 Å². The fourth-order valence-electron chi connectivity index (χ4n) is 4.61. The zero-order valence-corrected chi connectivity index (χ0v) is 15.2. The van der Waals surface area contributed by atoms with Crippen molar-refractivity contribution in [3.63, 3.8) is 0 Å². The number of carbonyl (C=O) groups excluding carboxylic acids is 2. The largest absolute Gasteiger partial charge is 0.462 e. The molecule has 1 aliphatic carbocycles. The number of allylic oxidation sites excluding steroid dienone is 1. The lowest BCUT2D eigenvalue weighted by atomic mass is 9.82. The SMILES string of the molecule is C=C1Oc2ccccc2[C@H]2[C@@H]1C2(C(=O)c1ccccc1)C(=O)c1ccccc1. The normalized spacial score (nSPS) is 21.1. The fraction of sp³-hybridized carbons (Fsp3) is 0.120. The molecular weight excluding hydrogens is 348 g/mol. The molecule has 136 valence electrons. The fourth-order valence-corrected chi connectivity index (χ4v) is 4.61. The Hall–Kier alpha value is -3.46. The van der Waals surface area contributed by atoms with Crippen LogP contribution in [0.25, 0.3) is 0 Å². The van der Waals surface area contributed by atoms with E-state index in [4.69, 9.17) is 4.74 Å². The van der Waals surface area contributed by atoms with Gasteiger partial charge in [-0.3, -0.25) is 9.59 Å². The van der Waals surface area contributed by atoms with Gasteiger partial charge < -0.3 is 4.74 Å². The Kier molecular flexibility index (Phi) is 3.59. The molecule has 0 amide bonds. The molecule has 0 radical (unpaired) electrons. The summed E-state index contributed by atoms with van der Waals surface area (Å²) in [6, 6.07) is 25.7. The number of rotatable bonds is 4. The second-order valence-corrected chi connectivity index (χ2v) is 7.32. The zero-order chi connectivity index (χ0) is 19.3. The summed E-state index contributed by atoms with van der Waals surface area (Å²) in [6.07, 6.45) is 0. The lowest BCUT2D eigenvalue weighted by Crippen LogP contribution is -2.30. The van der Waals surface area contributed by atoms with Crippen molar-refractivity contribution >= 4 is 11.6 Å². The van der Waals surface area contributed by atoms with Gasteiger partial charge in [-0.2, -0.15) is 0 Å². The molecule has 5 rings (SSSR count). The minimum Gasteiger partial charge on any atom is -0.462 e. The van der Waals surface area contributed by atoms with Gasteiger partial charge in [0, 0.05) is 28.5 Å². The standard InChI is InChI=1S/C25H18O3/c1-16-21-22(19-14-8-9-15-20(19)28-16)25(21,23(26)17-10-4-2-5-11-17)24(27)18-12-6-3-7-13-18/h2-15,21-22H,1H2/t21-,22+/m1/s1. The number of ether oxygens (including phenoxy) is 1. The van der Waals surface area contributed by atoms with Gasteiger partial charge in [-0.05, 0) is 6.07 Å². The number of ketones is 2. The molecule has 0 aromatic heterocycles. The molecule has 3 aromatic carbocycles. The van der Waals surface area contributed by atoms with Crippen molar-refractivity contribution in [1.82, 2.24) is 0 Å². The minimum atomic E-state index is -1.22. The van der Waals surface area contributed by atoms with Gasteiger partial charge in [0.2, 0.25) is 0 Å². The van der Waals surface area contributed by atoms with Gasteiger partial charge in [-0.1, -0.05) is 85.4 Å². The van der Waals surface area contributed by atoms with Crippen LogP contribution in [0.15, 0.2) is 97.3 Å². The highest BCUT2D eigenvalue weighted by molar-refractivity contribution is 6.24. The predicted octanol–water partition coefficient (Wildman–Crippen LogP) is 5.06. The maximum absolute atomic E-state index is 13.7. The summed E-state index contributed by atoms with van der Waals surface area (Å²) in [6.45, 7) is 4.06. The van der Waals surface area contributed by atoms with Crippen molar-refractivity contribution in [2.45, 2.75) is 5.92 Å². The molecule has 1 heterocycles. The molecule has 0 bridgehead atoms. The summed E-state index contributed by atoms with van der Waals surface area (Å²) in [5.41, 5.74) is 0.748. The van der Waals surface area contributed by atoms with E-state index in [1.54, 1.807) is 24.3 Å². The maximum Gasteiger partial charge on any atom is 0.178 e. The van der Waals surface area contributed by atoms with E-state index in [-0.39, 0.29) is 23.4 Å². The van der Waals surface area contributed by atoms with E-state index in [0.29, 0.717) is 22.6 Å². The molecule has 28 heavy (non-hydrogen) atoms. The monoisotopic (exact) mass is 366 g/mol. The number of Topliss-reactive ketones (excluding diaryl/α,β-unsaturated/α-hetero) is 2. The third-order valence-electron chi connectivity index (χ3n) is 5.87. The summed E-state index contributed by atoms with van der Waals surface area (Å²) < 4.78 is 5.91. The van der Waals surface area contributed by atoms with E-state index < -0.39 is 5.41 Å². The van der Waals surface area contributed by atoms with E-state index in [0.717, 1.165) is 5.56 Å². The van der Waals surface area contributed by atoms with Crippen molar-refractivity contribution in [3.05, 3.63) is 114 Å². The van der Waals surface area contributed by atoms with E-state index in [9.17, 15) is 9.59 Å². The van der Waals surface area contributed by atoms with Crippen LogP contribution in [0.2, 0.25) is 0 Å². The van der Waals surface area contributed by atoms with Crippen LogP contribution in [0.1, 0.15) is 32.2 Å². The molecule has 1 aliphatic heterocycles. The topological polar surface area (TPSA) is 43.4 Å². The Bertz CT molecular complexity index is 1050. The van der Waals surface area contributed by atoms with Gasteiger partial charge in [0.15, 0.2) is 11.6 Å². The summed E-state index contributed by atoms with van der Waals surface area (Å²) in [4.78, 5) is 27.5. The molecule has 3 heteroatoms. The number of benzene rings is 3. The van der Waals surface area contributed by atoms with E-state index in [1.807, 2.05) is 60.7 Å². The van der Waals surface area contributed by atoms with Gasteiger partial charge in [0.1, 0.15) is 16.9 Å². The number of fused-ring (bicyclic) bond motifs is 3. The lowest BCUT2D eigenvalue weighted by Gasteiger charge is -2.16. The Morgan fingerprint density at radius 2 is 1.21 bits per heavy atom. The van der Waals surface area contributed by atoms with Crippen molar-refractivity contribution in [3.8, 4) is 5.75 Å². The molecule has 0 saturated heterocycles. The Labute approximate surface area is 163 Å². The third-order valence-corrected chi connectivity index (χ3v) is 5.87. The van der Waals surface area contributed by atoms with Gasteiger partial charge >= 0.3 is 0 Å². The first kappa shape index (κ1) is 16.7. The van der Waals surface area contributed by atoms with E-state index in [2.05, 4.69) is 6.58 Å². The van der Waals surface area contributed by atoms with Gasteiger partial charge in [0.05, 0.1) is 0 Å². The highest BCUT2D eigenvalue weighted by Crippen LogP contribution is 2.73. The maximum atomic E-state index is 13.7. The minimum absolute atomic E-state index is 0.168. The van der Waals surface area contributed by atoms with E-state index in [1.165, 1.54) is 0 Å². The third kappa shape index (κ3) is 2.16. The van der Waals surface area contributed by atoms with E-state index >= 15 is 0 Å². The molecule has 1 saturated carbocycles. The van der Waals surface area contributed by atoms with Crippen molar-refractivity contribution in [2.75, 3.05) is 0 Å². The first-order valence-electron chi connectivity index (χ1n) is 9.31. The molecule has 0 N–H and O–H groups in total. The quantitative estimate of drug-likeness (QED) is 0.479. The molecule has 0 unspecified atom stereocenters. The van der Waals surface area contributed by atoms with Crippen LogP contribution < -0.4 is 4.74 Å². The van der Waals surface area contributed by atoms with Crippen molar-refractivity contribution < 1.29 is 14.3 Å². The molecule has 0 spiro atoms. The second kappa shape index (κ2) is 6.03. The van der Waals surface area contributed by atoms with Crippen LogP contribution in [0, 0.1) is 11.3 Å². The summed E-state index contributed by atoms with van der Waals surface area (Å²) in [7, 11) is 0. The molecule has 3 aromatic rings. The number of hydrogen-bond donors (Lipinski definition) is 0. The predicted molar refractivity (Wildman–Crippen MR) is 106 cm³/mol. The van der Waals surface area contributed by atoms with Gasteiger partial charge in [-0.25, -0.2) is 0 Å². The van der Waals surface area contributed by atoms with Gasteiger partial charge in [-0.15, -0.1) is 0 Å². The Balaban J connectivity index is 1.71. The number of carbonyl (C=O) groups is 2. The first-order chi connectivity index (χ1) is 13.7. The second-order valence-electron chi connectivity index (χ2n) is 7.32.